The SMILES string of the molecule is C[C@H](N)Cc1cccnc1N1CCCCC1. The van der Waals surface area contributed by atoms with Crippen LogP contribution in [0.3, 0.4) is 0 Å². The summed E-state index contributed by atoms with van der Waals surface area (Å²) in [6.07, 6.45) is 6.72. The largest absolute Gasteiger partial charge is 0.356 e. The molecule has 0 unspecified atom stereocenters. The van der Waals surface area contributed by atoms with Gasteiger partial charge in [-0.25, -0.2) is 4.98 Å². The number of hydrogen-bond donors (Lipinski definition) is 1. The monoisotopic (exact) mass is 219 g/mol. The summed E-state index contributed by atoms with van der Waals surface area (Å²) in [4.78, 5) is 6.93. The highest BCUT2D eigenvalue weighted by molar-refractivity contribution is 5.47. The molecule has 2 heterocycles. The van der Waals surface area contributed by atoms with Crippen molar-refractivity contribution in [2.45, 2.75) is 38.6 Å². The Hall–Kier alpha value is -1.09. The Balaban J connectivity index is 2.17. The molecule has 1 fully saturated rings. The van der Waals surface area contributed by atoms with Gasteiger partial charge in [-0.3, -0.25) is 0 Å². The molecule has 3 nitrogen and oxygen atoms in total. The van der Waals surface area contributed by atoms with Crippen molar-refractivity contribution in [2.24, 2.45) is 5.73 Å². The number of nitrogens with zero attached hydrogens (tertiary/aromatic N) is 2. The van der Waals surface area contributed by atoms with E-state index < -0.39 is 0 Å². The summed E-state index contributed by atoms with van der Waals surface area (Å²) in [5.74, 6) is 1.15. The summed E-state index contributed by atoms with van der Waals surface area (Å²) >= 11 is 0. The highest BCUT2D eigenvalue weighted by Gasteiger charge is 2.15. The van der Waals surface area contributed by atoms with E-state index in [9.17, 15) is 0 Å². The Kier molecular flexibility index (Phi) is 3.78. The molecule has 0 radical (unpaired) electrons. The molecule has 0 aromatic carbocycles. The molecular formula is C13H21N3. The Morgan fingerprint density at radius 2 is 2.12 bits per heavy atom. The lowest BCUT2D eigenvalue weighted by molar-refractivity contribution is 0.570. The van der Waals surface area contributed by atoms with Gasteiger partial charge in [0.1, 0.15) is 5.82 Å². The first-order valence-electron chi connectivity index (χ1n) is 6.22. The lowest BCUT2D eigenvalue weighted by Crippen LogP contribution is -2.31. The van der Waals surface area contributed by atoms with Crippen LogP contribution in [0.4, 0.5) is 5.82 Å². The van der Waals surface area contributed by atoms with Crippen LogP contribution >= 0.6 is 0 Å². The van der Waals surface area contributed by atoms with Crippen LogP contribution in [0.5, 0.6) is 0 Å². The molecule has 3 heteroatoms. The van der Waals surface area contributed by atoms with Crippen molar-refractivity contribution >= 4 is 5.82 Å². The average Bonchev–Trinajstić information content (AvgIpc) is 2.30. The first-order valence-corrected chi connectivity index (χ1v) is 6.22. The molecule has 1 aromatic heterocycles. The molecule has 16 heavy (non-hydrogen) atoms. The minimum atomic E-state index is 0.202. The quantitative estimate of drug-likeness (QED) is 0.845. The molecule has 0 amide bonds. The topological polar surface area (TPSA) is 42.1 Å². The number of rotatable bonds is 3. The molecule has 1 saturated heterocycles. The fourth-order valence-corrected chi connectivity index (χ4v) is 2.33. The van der Waals surface area contributed by atoms with Crippen LogP contribution in [-0.2, 0) is 6.42 Å². The van der Waals surface area contributed by atoms with Crippen molar-refractivity contribution in [3.63, 3.8) is 0 Å². The van der Waals surface area contributed by atoms with E-state index in [4.69, 9.17) is 5.73 Å². The van der Waals surface area contributed by atoms with Crippen LogP contribution in [0.15, 0.2) is 18.3 Å². The minimum Gasteiger partial charge on any atom is -0.356 e. The van der Waals surface area contributed by atoms with E-state index in [0.717, 1.165) is 25.3 Å². The third-order valence-corrected chi connectivity index (χ3v) is 3.06. The van der Waals surface area contributed by atoms with Gasteiger partial charge in [0.05, 0.1) is 0 Å². The molecular weight excluding hydrogens is 198 g/mol. The first kappa shape index (κ1) is 11.4. The van der Waals surface area contributed by atoms with Gasteiger partial charge in [0, 0.05) is 25.3 Å². The van der Waals surface area contributed by atoms with Gasteiger partial charge < -0.3 is 10.6 Å². The maximum absolute atomic E-state index is 5.88. The van der Waals surface area contributed by atoms with Crippen LogP contribution in [0.25, 0.3) is 0 Å². The summed E-state index contributed by atoms with van der Waals surface area (Å²) in [7, 11) is 0. The fraction of sp³-hybridized carbons (Fsp3) is 0.615. The van der Waals surface area contributed by atoms with Gasteiger partial charge in [-0.1, -0.05) is 6.07 Å². The van der Waals surface area contributed by atoms with Crippen molar-refractivity contribution in [2.75, 3.05) is 18.0 Å². The van der Waals surface area contributed by atoms with Crippen LogP contribution in [0.2, 0.25) is 0 Å². The van der Waals surface area contributed by atoms with Crippen LogP contribution in [0, 0.1) is 0 Å². The second kappa shape index (κ2) is 5.30. The third-order valence-electron chi connectivity index (χ3n) is 3.06. The van der Waals surface area contributed by atoms with Crippen LogP contribution in [0.1, 0.15) is 31.7 Å². The predicted octanol–water partition coefficient (Wildman–Crippen LogP) is 1.96. The minimum absolute atomic E-state index is 0.202. The van der Waals surface area contributed by atoms with E-state index in [2.05, 4.69) is 16.0 Å². The van der Waals surface area contributed by atoms with Gasteiger partial charge in [-0.15, -0.1) is 0 Å². The Labute approximate surface area is 97.7 Å². The molecule has 0 saturated carbocycles. The van der Waals surface area contributed by atoms with E-state index in [0.29, 0.717) is 0 Å². The highest BCUT2D eigenvalue weighted by Crippen LogP contribution is 2.22. The van der Waals surface area contributed by atoms with Crippen molar-refractivity contribution < 1.29 is 0 Å². The summed E-state index contributed by atoms with van der Waals surface area (Å²) in [5.41, 5.74) is 7.17. The van der Waals surface area contributed by atoms with Gasteiger partial charge in [-0.05, 0) is 44.2 Å². The molecule has 0 bridgehead atoms. The third kappa shape index (κ3) is 2.73. The second-order valence-electron chi connectivity index (χ2n) is 4.72. The van der Waals surface area contributed by atoms with Gasteiger partial charge in [-0.2, -0.15) is 0 Å². The van der Waals surface area contributed by atoms with E-state index >= 15 is 0 Å². The molecule has 1 aliphatic rings. The lowest BCUT2D eigenvalue weighted by Gasteiger charge is -2.29. The molecule has 1 aromatic rings. The summed E-state index contributed by atoms with van der Waals surface area (Å²) in [6, 6.07) is 4.36. The number of pyridine rings is 1. The maximum Gasteiger partial charge on any atom is 0.131 e. The van der Waals surface area contributed by atoms with E-state index in [1.54, 1.807) is 0 Å². The molecule has 1 aliphatic heterocycles. The predicted molar refractivity (Wildman–Crippen MR) is 67.7 cm³/mol. The van der Waals surface area contributed by atoms with Crippen LogP contribution in [-0.4, -0.2) is 24.1 Å². The molecule has 88 valence electrons. The molecule has 2 N–H and O–H groups in total. The number of aromatic nitrogens is 1. The molecule has 2 rings (SSSR count). The second-order valence-corrected chi connectivity index (χ2v) is 4.72. The smallest absolute Gasteiger partial charge is 0.131 e. The van der Waals surface area contributed by atoms with Gasteiger partial charge in [0.15, 0.2) is 0 Å². The highest BCUT2D eigenvalue weighted by atomic mass is 15.2. The maximum atomic E-state index is 5.88. The zero-order valence-corrected chi connectivity index (χ0v) is 10.0. The average molecular weight is 219 g/mol. The standard InChI is InChI=1S/C13H21N3/c1-11(14)10-12-6-5-7-15-13(12)16-8-3-2-4-9-16/h5-7,11H,2-4,8-10,14H2,1H3/t11-/m0/s1. The summed E-state index contributed by atoms with van der Waals surface area (Å²) in [6.45, 7) is 4.33. The lowest BCUT2D eigenvalue weighted by atomic mass is 10.1. The first-order chi connectivity index (χ1) is 7.77. The molecule has 1 atom stereocenters. The summed E-state index contributed by atoms with van der Waals surface area (Å²) < 4.78 is 0. The van der Waals surface area contributed by atoms with E-state index in [1.807, 2.05) is 19.2 Å². The van der Waals surface area contributed by atoms with Crippen molar-refractivity contribution in [1.82, 2.24) is 4.98 Å². The zero-order chi connectivity index (χ0) is 11.4. The van der Waals surface area contributed by atoms with E-state index in [-0.39, 0.29) is 6.04 Å². The number of hydrogen-bond acceptors (Lipinski definition) is 3. The fourth-order valence-electron chi connectivity index (χ4n) is 2.33. The Morgan fingerprint density at radius 3 is 2.81 bits per heavy atom. The number of anilines is 1. The van der Waals surface area contributed by atoms with E-state index in [1.165, 1.54) is 24.8 Å². The van der Waals surface area contributed by atoms with Crippen molar-refractivity contribution in [3.8, 4) is 0 Å². The molecule has 0 aliphatic carbocycles. The Bertz CT molecular complexity index is 330. The Morgan fingerprint density at radius 1 is 1.38 bits per heavy atom. The van der Waals surface area contributed by atoms with Gasteiger partial charge >= 0.3 is 0 Å². The normalized spacial score (nSPS) is 18.5. The zero-order valence-electron chi connectivity index (χ0n) is 10.0. The molecule has 0 spiro atoms. The van der Waals surface area contributed by atoms with Crippen molar-refractivity contribution in [3.05, 3.63) is 23.9 Å². The van der Waals surface area contributed by atoms with Crippen molar-refractivity contribution in [1.29, 1.82) is 0 Å². The van der Waals surface area contributed by atoms with Gasteiger partial charge in [0.25, 0.3) is 0 Å². The van der Waals surface area contributed by atoms with Gasteiger partial charge in [0.2, 0.25) is 0 Å². The number of piperidine rings is 1. The number of nitrogens with two attached hydrogens (primary N) is 1. The summed E-state index contributed by atoms with van der Waals surface area (Å²) in [5, 5.41) is 0. The van der Waals surface area contributed by atoms with Crippen LogP contribution < -0.4 is 10.6 Å².